The third-order valence-corrected chi connectivity index (χ3v) is 3.43. The predicted molar refractivity (Wildman–Crippen MR) is 54.3 cm³/mol. The Kier molecular flexibility index (Phi) is 3.38. The maximum Gasteiger partial charge on any atom is 0.0950 e. The van der Waals surface area contributed by atoms with Crippen molar-refractivity contribution in [1.82, 2.24) is 10.2 Å². The first-order chi connectivity index (χ1) is 6.81. The van der Waals surface area contributed by atoms with Gasteiger partial charge in [0.25, 0.3) is 0 Å². The Morgan fingerprint density at radius 2 is 2.00 bits per heavy atom. The SMILES string of the molecule is CNC1CCN(C2COCC2O)CC1. The molecule has 14 heavy (non-hydrogen) atoms. The number of rotatable bonds is 2. The molecule has 2 heterocycles. The summed E-state index contributed by atoms with van der Waals surface area (Å²) < 4.78 is 5.27. The van der Waals surface area contributed by atoms with Gasteiger partial charge < -0.3 is 15.2 Å². The monoisotopic (exact) mass is 200 g/mol. The van der Waals surface area contributed by atoms with Crippen LogP contribution in [0.1, 0.15) is 12.8 Å². The van der Waals surface area contributed by atoms with Gasteiger partial charge in [0.2, 0.25) is 0 Å². The quantitative estimate of drug-likeness (QED) is 0.626. The Morgan fingerprint density at radius 1 is 1.29 bits per heavy atom. The second-order valence-electron chi connectivity index (χ2n) is 4.27. The van der Waals surface area contributed by atoms with E-state index in [0.717, 1.165) is 13.1 Å². The van der Waals surface area contributed by atoms with Gasteiger partial charge in [0.05, 0.1) is 25.4 Å². The van der Waals surface area contributed by atoms with Crippen LogP contribution in [0, 0.1) is 0 Å². The van der Waals surface area contributed by atoms with Crippen LogP contribution in [-0.2, 0) is 4.74 Å². The molecule has 2 atom stereocenters. The summed E-state index contributed by atoms with van der Waals surface area (Å²) >= 11 is 0. The van der Waals surface area contributed by atoms with Gasteiger partial charge in [-0.3, -0.25) is 4.90 Å². The molecule has 0 bridgehead atoms. The molecule has 2 fully saturated rings. The van der Waals surface area contributed by atoms with E-state index in [4.69, 9.17) is 4.74 Å². The summed E-state index contributed by atoms with van der Waals surface area (Å²) in [6, 6.07) is 0.901. The molecule has 2 unspecified atom stereocenters. The van der Waals surface area contributed by atoms with E-state index in [9.17, 15) is 5.11 Å². The van der Waals surface area contributed by atoms with Crippen molar-refractivity contribution in [1.29, 1.82) is 0 Å². The molecule has 0 saturated carbocycles. The zero-order valence-corrected chi connectivity index (χ0v) is 8.78. The number of ether oxygens (including phenoxy) is 1. The molecule has 0 amide bonds. The number of hydrogen-bond donors (Lipinski definition) is 2. The number of nitrogens with one attached hydrogen (secondary N) is 1. The minimum absolute atomic E-state index is 0.243. The minimum Gasteiger partial charge on any atom is -0.389 e. The standard InChI is InChI=1S/C10H20N2O2/c1-11-8-2-4-12(5-3-8)9-6-14-7-10(9)13/h8-11,13H,2-7H2,1H3. The fourth-order valence-corrected chi connectivity index (χ4v) is 2.40. The highest BCUT2D eigenvalue weighted by atomic mass is 16.5. The predicted octanol–water partition coefficient (Wildman–Crippen LogP) is -0.570. The summed E-state index contributed by atoms with van der Waals surface area (Å²) in [5.74, 6) is 0. The van der Waals surface area contributed by atoms with Crippen molar-refractivity contribution < 1.29 is 9.84 Å². The first-order valence-electron chi connectivity index (χ1n) is 5.48. The van der Waals surface area contributed by atoms with Crippen LogP contribution in [0.4, 0.5) is 0 Å². The van der Waals surface area contributed by atoms with Crippen molar-refractivity contribution in [3.63, 3.8) is 0 Å². The second-order valence-corrected chi connectivity index (χ2v) is 4.27. The number of likely N-dealkylation sites (tertiary alicyclic amines) is 1. The fourth-order valence-electron chi connectivity index (χ4n) is 2.40. The van der Waals surface area contributed by atoms with Crippen LogP contribution in [0.15, 0.2) is 0 Å². The second kappa shape index (κ2) is 4.57. The third kappa shape index (κ3) is 2.08. The number of hydrogen-bond acceptors (Lipinski definition) is 4. The van der Waals surface area contributed by atoms with Crippen LogP contribution in [0.5, 0.6) is 0 Å². The van der Waals surface area contributed by atoms with Crippen LogP contribution >= 0.6 is 0 Å². The molecule has 82 valence electrons. The fraction of sp³-hybridized carbons (Fsp3) is 1.00. The maximum absolute atomic E-state index is 9.68. The molecule has 4 nitrogen and oxygen atoms in total. The Labute approximate surface area is 85.2 Å². The summed E-state index contributed by atoms with van der Waals surface area (Å²) in [7, 11) is 2.02. The van der Waals surface area contributed by atoms with E-state index in [2.05, 4.69) is 10.2 Å². The van der Waals surface area contributed by atoms with Crippen molar-refractivity contribution in [2.24, 2.45) is 0 Å². The van der Waals surface area contributed by atoms with Gasteiger partial charge >= 0.3 is 0 Å². The highest BCUT2D eigenvalue weighted by Crippen LogP contribution is 2.18. The van der Waals surface area contributed by atoms with E-state index in [1.54, 1.807) is 0 Å². The van der Waals surface area contributed by atoms with Gasteiger partial charge in [0, 0.05) is 19.1 Å². The average Bonchev–Trinajstić information content (AvgIpc) is 2.65. The lowest BCUT2D eigenvalue weighted by Crippen LogP contribution is -2.49. The van der Waals surface area contributed by atoms with Gasteiger partial charge in [0.1, 0.15) is 0 Å². The minimum atomic E-state index is -0.277. The van der Waals surface area contributed by atoms with E-state index in [1.165, 1.54) is 12.8 Å². The van der Waals surface area contributed by atoms with E-state index < -0.39 is 0 Å². The van der Waals surface area contributed by atoms with E-state index in [0.29, 0.717) is 19.3 Å². The molecule has 0 aromatic carbocycles. The van der Waals surface area contributed by atoms with Crippen molar-refractivity contribution in [2.75, 3.05) is 33.4 Å². The van der Waals surface area contributed by atoms with Crippen molar-refractivity contribution in [2.45, 2.75) is 31.0 Å². The Hall–Kier alpha value is -0.160. The van der Waals surface area contributed by atoms with Crippen LogP contribution < -0.4 is 5.32 Å². The van der Waals surface area contributed by atoms with Gasteiger partial charge in [-0.1, -0.05) is 0 Å². The zero-order chi connectivity index (χ0) is 9.97. The smallest absolute Gasteiger partial charge is 0.0950 e. The van der Waals surface area contributed by atoms with Gasteiger partial charge in [-0.05, 0) is 19.9 Å². The molecule has 2 N–H and O–H groups in total. The summed E-state index contributed by atoms with van der Waals surface area (Å²) in [6.07, 6.45) is 2.08. The van der Waals surface area contributed by atoms with E-state index in [-0.39, 0.29) is 12.1 Å². The number of aliphatic hydroxyl groups is 1. The van der Waals surface area contributed by atoms with Crippen molar-refractivity contribution in [3.05, 3.63) is 0 Å². The highest BCUT2D eigenvalue weighted by molar-refractivity contribution is 4.87. The van der Waals surface area contributed by atoms with Crippen LogP contribution in [0.25, 0.3) is 0 Å². The Morgan fingerprint density at radius 3 is 2.50 bits per heavy atom. The van der Waals surface area contributed by atoms with E-state index >= 15 is 0 Å². The Balaban J connectivity index is 1.82. The molecular formula is C10H20N2O2. The van der Waals surface area contributed by atoms with Crippen LogP contribution in [0.3, 0.4) is 0 Å². The highest BCUT2D eigenvalue weighted by Gasteiger charge is 2.33. The van der Waals surface area contributed by atoms with Gasteiger partial charge in [-0.25, -0.2) is 0 Å². The lowest BCUT2D eigenvalue weighted by Gasteiger charge is -2.36. The maximum atomic E-state index is 9.68. The molecule has 2 aliphatic rings. The normalized spacial score (nSPS) is 36.4. The number of aliphatic hydroxyl groups excluding tert-OH is 1. The average molecular weight is 200 g/mol. The lowest BCUT2D eigenvalue weighted by atomic mass is 10.0. The number of nitrogens with zero attached hydrogens (tertiary/aromatic N) is 1. The Bertz CT molecular complexity index is 181. The molecule has 4 heteroatoms. The van der Waals surface area contributed by atoms with Crippen LogP contribution in [0.2, 0.25) is 0 Å². The molecular weight excluding hydrogens is 180 g/mol. The first-order valence-corrected chi connectivity index (χ1v) is 5.48. The van der Waals surface area contributed by atoms with Gasteiger partial charge in [-0.2, -0.15) is 0 Å². The molecule has 2 aliphatic heterocycles. The van der Waals surface area contributed by atoms with Crippen molar-refractivity contribution >= 4 is 0 Å². The van der Waals surface area contributed by atoms with Crippen molar-refractivity contribution in [3.8, 4) is 0 Å². The summed E-state index contributed by atoms with van der Waals surface area (Å²) in [5.41, 5.74) is 0. The summed E-state index contributed by atoms with van der Waals surface area (Å²) in [6.45, 7) is 3.37. The topological polar surface area (TPSA) is 44.7 Å². The summed E-state index contributed by atoms with van der Waals surface area (Å²) in [4.78, 5) is 2.37. The molecule has 0 spiro atoms. The molecule has 0 aromatic heterocycles. The van der Waals surface area contributed by atoms with E-state index in [1.807, 2.05) is 7.05 Å². The lowest BCUT2D eigenvalue weighted by molar-refractivity contribution is 0.0643. The third-order valence-electron chi connectivity index (χ3n) is 3.43. The van der Waals surface area contributed by atoms with Gasteiger partial charge in [-0.15, -0.1) is 0 Å². The summed E-state index contributed by atoms with van der Waals surface area (Å²) in [5, 5.41) is 13.0. The molecule has 0 radical (unpaired) electrons. The molecule has 0 aliphatic carbocycles. The molecule has 2 rings (SSSR count). The van der Waals surface area contributed by atoms with Crippen LogP contribution in [-0.4, -0.2) is 61.5 Å². The van der Waals surface area contributed by atoms with Gasteiger partial charge in [0.15, 0.2) is 0 Å². The molecule has 0 aromatic rings. The number of piperidine rings is 1. The zero-order valence-electron chi connectivity index (χ0n) is 8.78. The molecule has 2 saturated heterocycles. The largest absolute Gasteiger partial charge is 0.389 e. The first kappa shape index (κ1) is 10.4.